The molecule has 1 heteroatoms. The summed E-state index contributed by atoms with van der Waals surface area (Å²) in [6.45, 7) is 4.41. The van der Waals surface area contributed by atoms with E-state index in [0.717, 1.165) is 46.8 Å². The standard InChI is InChI=1S/C28H29F/c1-20-3-7-22(8-4-20)11-12-24-14-18-27-26(19-24)17-16-25(28(27)29)15-13-23-9-5-21(2)6-10-23/h3-4,7-8,14,16-19,21,23H,5-6,9-10,13,15H2,1-2H3. The quantitative estimate of drug-likeness (QED) is 0.411. The van der Waals surface area contributed by atoms with Crippen molar-refractivity contribution in [2.45, 2.75) is 52.4 Å². The molecule has 1 fully saturated rings. The molecule has 148 valence electrons. The Kier molecular flexibility index (Phi) is 6.00. The first kappa shape index (κ1) is 19.7. The van der Waals surface area contributed by atoms with Crippen LogP contribution in [0.4, 0.5) is 4.39 Å². The van der Waals surface area contributed by atoms with Crippen molar-refractivity contribution in [3.63, 3.8) is 0 Å². The summed E-state index contributed by atoms with van der Waals surface area (Å²) in [6, 6.07) is 18.0. The minimum Gasteiger partial charge on any atom is -0.206 e. The molecule has 0 unspecified atom stereocenters. The van der Waals surface area contributed by atoms with Gasteiger partial charge in [-0.15, -0.1) is 0 Å². The molecule has 0 radical (unpaired) electrons. The maximum Gasteiger partial charge on any atom is 0.134 e. The molecule has 0 amide bonds. The molecule has 0 bridgehead atoms. The Hall–Kier alpha value is -2.59. The minimum atomic E-state index is -0.0512. The molecule has 4 rings (SSSR count). The van der Waals surface area contributed by atoms with E-state index in [1.165, 1.54) is 31.2 Å². The zero-order valence-corrected chi connectivity index (χ0v) is 17.5. The SMILES string of the molecule is Cc1ccc(C#Cc2ccc3c(F)c(CCC4CCC(C)CC4)ccc3c2)cc1. The molecular formula is C28H29F. The third kappa shape index (κ3) is 4.88. The molecule has 29 heavy (non-hydrogen) atoms. The van der Waals surface area contributed by atoms with Crippen molar-refractivity contribution in [1.82, 2.24) is 0 Å². The van der Waals surface area contributed by atoms with Crippen LogP contribution in [0.5, 0.6) is 0 Å². The van der Waals surface area contributed by atoms with Gasteiger partial charge in [0.1, 0.15) is 5.82 Å². The second-order valence-corrected chi connectivity index (χ2v) is 8.76. The van der Waals surface area contributed by atoms with Gasteiger partial charge in [0, 0.05) is 16.5 Å². The lowest BCUT2D eigenvalue weighted by Crippen LogP contribution is -2.13. The lowest BCUT2D eigenvalue weighted by atomic mass is 9.80. The topological polar surface area (TPSA) is 0 Å². The largest absolute Gasteiger partial charge is 0.206 e. The third-order valence-electron chi connectivity index (χ3n) is 6.39. The molecular weight excluding hydrogens is 355 g/mol. The lowest BCUT2D eigenvalue weighted by molar-refractivity contribution is 0.277. The van der Waals surface area contributed by atoms with E-state index in [0.29, 0.717) is 5.39 Å². The number of hydrogen-bond donors (Lipinski definition) is 0. The maximum absolute atomic E-state index is 15.1. The Morgan fingerprint density at radius 1 is 0.862 bits per heavy atom. The first-order valence-electron chi connectivity index (χ1n) is 10.9. The van der Waals surface area contributed by atoms with Crippen molar-refractivity contribution in [2.24, 2.45) is 11.8 Å². The summed E-state index contributed by atoms with van der Waals surface area (Å²) in [4.78, 5) is 0. The van der Waals surface area contributed by atoms with Crippen LogP contribution in [0, 0.1) is 36.4 Å². The summed E-state index contributed by atoms with van der Waals surface area (Å²) < 4.78 is 15.1. The highest BCUT2D eigenvalue weighted by atomic mass is 19.1. The Labute approximate surface area is 174 Å². The molecule has 0 N–H and O–H groups in total. The summed E-state index contributed by atoms with van der Waals surface area (Å²) in [5.41, 5.74) is 4.00. The van der Waals surface area contributed by atoms with E-state index in [4.69, 9.17) is 0 Å². The molecule has 1 aliphatic carbocycles. The van der Waals surface area contributed by atoms with Gasteiger partial charge in [0.05, 0.1) is 0 Å². The number of benzene rings is 3. The minimum absolute atomic E-state index is 0.0512. The van der Waals surface area contributed by atoms with Gasteiger partial charge in [0.25, 0.3) is 0 Å². The van der Waals surface area contributed by atoms with E-state index in [1.807, 2.05) is 42.5 Å². The summed E-state index contributed by atoms with van der Waals surface area (Å²) in [5.74, 6) is 7.98. The highest BCUT2D eigenvalue weighted by Crippen LogP contribution is 2.32. The first-order chi connectivity index (χ1) is 14.1. The van der Waals surface area contributed by atoms with Gasteiger partial charge >= 0.3 is 0 Å². The van der Waals surface area contributed by atoms with Crippen LogP contribution >= 0.6 is 0 Å². The van der Waals surface area contributed by atoms with Crippen LogP contribution in [-0.4, -0.2) is 0 Å². The Morgan fingerprint density at radius 3 is 2.31 bits per heavy atom. The second kappa shape index (κ2) is 8.83. The molecule has 1 saturated carbocycles. The summed E-state index contributed by atoms with van der Waals surface area (Å²) in [7, 11) is 0. The van der Waals surface area contributed by atoms with Crippen LogP contribution in [-0.2, 0) is 6.42 Å². The zero-order valence-electron chi connectivity index (χ0n) is 17.5. The number of aryl methyl sites for hydroxylation is 2. The van der Waals surface area contributed by atoms with Crippen molar-refractivity contribution < 1.29 is 4.39 Å². The maximum atomic E-state index is 15.1. The van der Waals surface area contributed by atoms with Crippen molar-refractivity contribution in [1.29, 1.82) is 0 Å². The Balaban J connectivity index is 1.49. The fraction of sp³-hybridized carbons (Fsp3) is 0.357. The van der Waals surface area contributed by atoms with Crippen LogP contribution in [0.3, 0.4) is 0 Å². The predicted octanol–water partition coefficient (Wildman–Crippen LogP) is 7.45. The molecule has 1 aliphatic rings. The van der Waals surface area contributed by atoms with Crippen LogP contribution in [0.25, 0.3) is 10.8 Å². The first-order valence-corrected chi connectivity index (χ1v) is 10.9. The molecule has 0 nitrogen and oxygen atoms in total. The number of rotatable bonds is 3. The average Bonchev–Trinajstić information content (AvgIpc) is 2.74. The van der Waals surface area contributed by atoms with E-state index in [1.54, 1.807) is 0 Å². The van der Waals surface area contributed by atoms with Crippen LogP contribution in [0.2, 0.25) is 0 Å². The fourth-order valence-electron chi connectivity index (χ4n) is 4.37. The average molecular weight is 385 g/mol. The van der Waals surface area contributed by atoms with E-state index in [-0.39, 0.29) is 5.82 Å². The summed E-state index contributed by atoms with van der Waals surface area (Å²) >= 11 is 0. The number of fused-ring (bicyclic) bond motifs is 1. The highest BCUT2D eigenvalue weighted by Gasteiger charge is 2.18. The van der Waals surface area contributed by atoms with Gasteiger partial charge in [-0.05, 0) is 66.8 Å². The Bertz CT molecular complexity index is 1040. The van der Waals surface area contributed by atoms with Gasteiger partial charge < -0.3 is 0 Å². The normalized spacial score (nSPS) is 19.0. The van der Waals surface area contributed by atoms with Gasteiger partial charge in [-0.2, -0.15) is 0 Å². The number of hydrogen-bond acceptors (Lipinski definition) is 0. The van der Waals surface area contributed by atoms with Crippen molar-refractivity contribution in [3.05, 3.63) is 82.7 Å². The summed E-state index contributed by atoms with van der Waals surface area (Å²) in [6.07, 6.45) is 7.22. The number of halogens is 1. The monoisotopic (exact) mass is 384 g/mol. The van der Waals surface area contributed by atoms with Crippen molar-refractivity contribution in [2.75, 3.05) is 0 Å². The van der Waals surface area contributed by atoms with Gasteiger partial charge in [0.2, 0.25) is 0 Å². The lowest BCUT2D eigenvalue weighted by Gasteiger charge is -2.26. The molecule has 0 spiro atoms. The van der Waals surface area contributed by atoms with Crippen molar-refractivity contribution in [3.8, 4) is 11.8 Å². The molecule has 3 aromatic rings. The molecule has 0 aliphatic heterocycles. The predicted molar refractivity (Wildman–Crippen MR) is 121 cm³/mol. The molecule has 0 heterocycles. The van der Waals surface area contributed by atoms with E-state index in [2.05, 4.69) is 37.8 Å². The van der Waals surface area contributed by atoms with Gasteiger partial charge in [-0.1, -0.05) is 80.3 Å². The molecule has 0 aromatic heterocycles. The zero-order chi connectivity index (χ0) is 20.2. The molecule has 0 saturated heterocycles. The van der Waals surface area contributed by atoms with Gasteiger partial charge in [-0.25, -0.2) is 4.39 Å². The molecule has 0 atom stereocenters. The molecule has 3 aromatic carbocycles. The van der Waals surface area contributed by atoms with Gasteiger partial charge in [-0.3, -0.25) is 0 Å². The smallest absolute Gasteiger partial charge is 0.134 e. The third-order valence-corrected chi connectivity index (χ3v) is 6.39. The van der Waals surface area contributed by atoms with E-state index >= 15 is 4.39 Å². The highest BCUT2D eigenvalue weighted by molar-refractivity contribution is 5.85. The van der Waals surface area contributed by atoms with Crippen LogP contribution in [0.15, 0.2) is 54.6 Å². The van der Waals surface area contributed by atoms with Crippen molar-refractivity contribution >= 4 is 10.8 Å². The summed E-state index contributed by atoms with van der Waals surface area (Å²) in [5, 5.41) is 1.63. The van der Waals surface area contributed by atoms with Crippen LogP contribution in [0.1, 0.15) is 61.3 Å². The fourth-order valence-corrected chi connectivity index (χ4v) is 4.37. The van der Waals surface area contributed by atoms with E-state index in [9.17, 15) is 0 Å². The van der Waals surface area contributed by atoms with E-state index < -0.39 is 0 Å². The van der Waals surface area contributed by atoms with Gasteiger partial charge in [0.15, 0.2) is 0 Å². The Morgan fingerprint density at radius 2 is 1.55 bits per heavy atom. The van der Waals surface area contributed by atoms with Crippen LogP contribution < -0.4 is 0 Å². The second-order valence-electron chi connectivity index (χ2n) is 8.76.